The molecular formula is C9H16. The van der Waals surface area contributed by atoms with E-state index >= 15 is 0 Å². The van der Waals surface area contributed by atoms with Crippen LogP contribution in [0.4, 0.5) is 0 Å². The van der Waals surface area contributed by atoms with Crippen LogP contribution in [0.3, 0.4) is 0 Å². The molecule has 0 aromatic carbocycles. The minimum absolute atomic E-state index is 1.06. The molecule has 0 heteroatoms. The maximum atomic E-state index is 2.44. The average molecular weight is 124 g/mol. The molecule has 0 aliphatic heterocycles. The van der Waals surface area contributed by atoms with Crippen LogP contribution in [0.25, 0.3) is 0 Å². The van der Waals surface area contributed by atoms with Crippen molar-refractivity contribution in [1.29, 1.82) is 0 Å². The van der Waals surface area contributed by atoms with Crippen molar-refractivity contribution in [2.45, 2.75) is 39.0 Å². The molecule has 0 saturated heterocycles. The molecule has 0 spiro atoms. The van der Waals surface area contributed by atoms with Crippen LogP contribution in [0.1, 0.15) is 39.0 Å². The van der Waals surface area contributed by atoms with E-state index in [9.17, 15) is 0 Å². The van der Waals surface area contributed by atoms with Crippen LogP contribution < -0.4 is 0 Å². The van der Waals surface area contributed by atoms with Gasteiger partial charge in [-0.3, -0.25) is 0 Å². The fourth-order valence-electron chi connectivity index (χ4n) is 2.63. The zero-order valence-electron chi connectivity index (χ0n) is 6.27. The third-order valence-corrected chi connectivity index (χ3v) is 3.42. The van der Waals surface area contributed by atoms with Gasteiger partial charge in [-0.05, 0) is 30.6 Å². The molecule has 2 fully saturated rings. The van der Waals surface area contributed by atoms with Gasteiger partial charge in [-0.15, -0.1) is 0 Å². The van der Waals surface area contributed by atoms with Crippen LogP contribution in [0.15, 0.2) is 0 Å². The van der Waals surface area contributed by atoms with Crippen molar-refractivity contribution < 1.29 is 0 Å². The summed E-state index contributed by atoms with van der Waals surface area (Å²) in [6.07, 6.45) is 7.73. The van der Waals surface area contributed by atoms with Gasteiger partial charge in [0.05, 0.1) is 0 Å². The lowest BCUT2D eigenvalue weighted by Crippen LogP contribution is -2.14. The Morgan fingerprint density at radius 2 is 1.78 bits per heavy atom. The smallest absolute Gasteiger partial charge is 0.0386 e. The maximum Gasteiger partial charge on any atom is -0.0386 e. The zero-order valence-corrected chi connectivity index (χ0v) is 6.27. The Morgan fingerprint density at radius 3 is 2.56 bits per heavy atom. The molecule has 2 bridgehead atoms. The Bertz CT molecular complexity index is 107. The van der Waals surface area contributed by atoms with Crippen LogP contribution in [0, 0.1) is 17.8 Å². The lowest BCUT2D eigenvalue weighted by molar-refractivity contribution is 0.265. The van der Waals surface area contributed by atoms with Crippen molar-refractivity contribution in [2.75, 3.05) is 0 Å². The Hall–Kier alpha value is 0. The normalized spacial score (nSPS) is 49.7. The highest BCUT2D eigenvalue weighted by Crippen LogP contribution is 2.44. The highest BCUT2D eigenvalue weighted by Gasteiger charge is 2.32. The van der Waals surface area contributed by atoms with E-state index in [0.29, 0.717) is 0 Å². The predicted molar refractivity (Wildman–Crippen MR) is 39.2 cm³/mol. The van der Waals surface area contributed by atoms with Gasteiger partial charge in [0, 0.05) is 0 Å². The van der Waals surface area contributed by atoms with Crippen LogP contribution in [-0.2, 0) is 0 Å². The summed E-state index contributed by atoms with van der Waals surface area (Å²) >= 11 is 0. The molecule has 3 atom stereocenters. The largest absolute Gasteiger partial charge is 0.0622 e. The number of hydrogen-bond donors (Lipinski definition) is 0. The van der Waals surface area contributed by atoms with Crippen molar-refractivity contribution in [1.82, 2.24) is 0 Å². The maximum absolute atomic E-state index is 2.44. The first-order valence-corrected chi connectivity index (χ1v) is 4.36. The molecule has 2 aliphatic carbocycles. The fourth-order valence-corrected chi connectivity index (χ4v) is 2.63. The number of hydrogen-bond acceptors (Lipinski definition) is 0. The van der Waals surface area contributed by atoms with E-state index < -0.39 is 0 Å². The molecule has 52 valence electrons. The summed E-state index contributed by atoms with van der Waals surface area (Å²) in [5.41, 5.74) is 0. The first kappa shape index (κ1) is 5.76. The lowest BCUT2D eigenvalue weighted by Gasteiger charge is -2.24. The second kappa shape index (κ2) is 2.00. The van der Waals surface area contributed by atoms with E-state index in [1.54, 1.807) is 19.3 Å². The predicted octanol–water partition coefficient (Wildman–Crippen LogP) is 2.83. The molecule has 1 unspecified atom stereocenters. The van der Waals surface area contributed by atoms with E-state index in [1.165, 1.54) is 12.8 Å². The van der Waals surface area contributed by atoms with Gasteiger partial charge in [-0.2, -0.15) is 0 Å². The molecule has 0 nitrogen and oxygen atoms in total. The zero-order chi connectivity index (χ0) is 6.27. The van der Waals surface area contributed by atoms with Gasteiger partial charge in [0.25, 0.3) is 0 Å². The van der Waals surface area contributed by atoms with Gasteiger partial charge in [0.1, 0.15) is 0 Å². The van der Waals surface area contributed by atoms with E-state index in [-0.39, 0.29) is 0 Å². The quantitative estimate of drug-likeness (QED) is 0.466. The standard InChI is InChI=1S/C9H16/c1-7-2-3-8-4-5-9(7)6-8/h7-9H,2-6H2,1H3/t7-,8-,9?/m0/s1. The van der Waals surface area contributed by atoms with Crippen molar-refractivity contribution in [2.24, 2.45) is 17.8 Å². The second-order valence-corrected chi connectivity index (χ2v) is 3.99. The summed E-state index contributed by atoms with van der Waals surface area (Å²) in [4.78, 5) is 0. The van der Waals surface area contributed by atoms with Crippen molar-refractivity contribution in [3.63, 3.8) is 0 Å². The van der Waals surface area contributed by atoms with Gasteiger partial charge in [0.2, 0.25) is 0 Å². The Labute approximate surface area is 57.6 Å². The molecule has 0 N–H and O–H groups in total. The summed E-state index contributed by atoms with van der Waals surface area (Å²) in [7, 11) is 0. The molecule has 2 saturated carbocycles. The van der Waals surface area contributed by atoms with Gasteiger partial charge in [0.15, 0.2) is 0 Å². The van der Waals surface area contributed by atoms with Crippen molar-refractivity contribution in [3.05, 3.63) is 0 Å². The van der Waals surface area contributed by atoms with E-state index in [4.69, 9.17) is 0 Å². The topological polar surface area (TPSA) is 0 Å². The Kier molecular flexibility index (Phi) is 1.28. The molecule has 2 aliphatic rings. The van der Waals surface area contributed by atoms with Crippen molar-refractivity contribution >= 4 is 0 Å². The average Bonchev–Trinajstić information content (AvgIpc) is 2.25. The van der Waals surface area contributed by atoms with Gasteiger partial charge in [-0.25, -0.2) is 0 Å². The van der Waals surface area contributed by atoms with Gasteiger partial charge < -0.3 is 0 Å². The molecule has 0 aromatic rings. The molecule has 0 heterocycles. The van der Waals surface area contributed by atoms with Crippen LogP contribution >= 0.6 is 0 Å². The molecule has 0 aromatic heterocycles. The minimum atomic E-state index is 1.06. The molecule has 0 amide bonds. The number of rotatable bonds is 0. The summed E-state index contributed by atoms with van der Waals surface area (Å²) in [6.45, 7) is 2.44. The lowest BCUT2D eigenvalue weighted by atomic mass is 9.81. The first-order chi connectivity index (χ1) is 4.36. The summed E-state index contributed by atoms with van der Waals surface area (Å²) < 4.78 is 0. The summed E-state index contributed by atoms with van der Waals surface area (Å²) in [5, 5.41) is 0. The molecule has 0 radical (unpaired) electrons. The van der Waals surface area contributed by atoms with Gasteiger partial charge >= 0.3 is 0 Å². The third-order valence-electron chi connectivity index (χ3n) is 3.42. The van der Waals surface area contributed by atoms with Crippen LogP contribution in [-0.4, -0.2) is 0 Å². The second-order valence-electron chi connectivity index (χ2n) is 3.99. The monoisotopic (exact) mass is 124 g/mol. The SMILES string of the molecule is C[C@H]1CC[C@H]2CCC1C2. The van der Waals surface area contributed by atoms with Gasteiger partial charge in [-0.1, -0.05) is 26.2 Å². The van der Waals surface area contributed by atoms with Crippen LogP contribution in [0.2, 0.25) is 0 Å². The van der Waals surface area contributed by atoms with Crippen molar-refractivity contribution in [3.8, 4) is 0 Å². The summed E-state index contributed by atoms with van der Waals surface area (Å²) in [6, 6.07) is 0. The Morgan fingerprint density at radius 1 is 1.00 bits per heavy atom. The first-order valence-electron chi connectivity index (χ1n) is 4.36. The minimum Gasteiger partial charge on any atom is -0.0622 e. The number of fused-ring (bicyclic) bond motifs is 2. The molecule has 9 heavy (non-hydrogen) atoms. The highest BCUT2D eigenvalue weighted by molar-refractivity contribution is 4.84. The van der Waals surface area contributed by atoms with E-state index in [2.05, 4.69) is 6.92 Å². The molecule has 2 rings (SSSR count). The fraction of sp³-hybridized carbons (Fsp3) is 1.00. The Balaban J connectivity index is 2.05. The third kappa shape index (κ3) is 0.889. The van der Waals surface area contributed by atoms with E-state index in [0.717, 1.165) is 17.8 Å². The summed E-state index contributed by atoms with van der Waals surface area (Å²) in [5.74, 6) is 3.33. The molecular weight excluding hydrogens is 108 g/mol. The highest BCUT2D eigenvalue weighted by atomic mass is 14.4. The van der Waals surface area contributed by atoms with E-state index in [1.807, 2.05) is 0 Å². The van der Waals surface area contributed by atoms with Crippen LogP contribution in [0.5, 0.6) is 0 Å².